The van der Waals surface area contributed by atoms with Crippen molar-refractivity contribution in [1.82, 2.24) is 14.8 Å². The maximum absolute atomic E-state index is 12.6. The summed E-state index contributed by atoms with van der Waals surface area (Å²) in [4.78, 5) is 12.6. The third-order valence-electron chi connectivity index (χ3n) is 5.62. The van der Waals surface area contributed by atoms with Crippen LogP contribution in [-0.4, -0.2) is 26.4 Å². The molecule has 0 aliphatic carbocycles. The second kappa shape index (κ2) is 11.6. The Morgan fingerprint density at radius 1 is 1.00 bits per heavy atom. The highest BCUT2D eigenvalue weighted by atomic mass is 35.5. The molecule has 6 nitrogen and oxygen atoms in total. The average molecular weight is 556 g/mol. The summed E-state index contributed by atoms with van der Waals surface area (Å²) in [5.41, 5.74) is 3.80. The highest BCUT2D eigenvalue weighted by molar-refractivity contribution is 7.99. The molecule has 0 saturated carbocycles. The fourth-order valence-electron chi connectivity index (χ4n) is 3.55. The van der Waals surface area contributed by atoms with E-state index >= 15 is 0 Å². The molecule has 0 aliphatic rings. The molecular weight excluding hydrogens is 527 g/mol. The van der Waals surface area contributed by atoms with Crippen molar-refractivity contribution in [3.63, 3.8) is 0 Å². The molecule has 0 radical (unpaired) electrons. The zero-order valence-corrected chi connectivity index (χ0v) is 23.4. The molecule has 0 spiro atoms. The van der Waals surface area contributed by atoms with Gasteiger partial charge < -0.3 is 10.1 Å². The standard InChI is InChI=1S/C28H28Cl2N4O2S/c1-18-5-10-21(11-6-18)34-25(16-36-22-12-7-19(8-13-22)28(2,3)4)32-33-27(34)37-17-26(35)31-24-15-20(29)9-14-23(24)30/h5-15H,16-17H2,1-4H3,(H,31,35). The van der Waals surface area contributed by atoms with Gasteiger partial charge in [0.2, 0.25) is 5.91 Å². The number of hydrogen-bond donors (Lipinski definition) is 1. The number of benzene rings is 3. The molecular formula is C28H28Cl2N4O2S. The first-order valence-corrected chi connectivity index (χ1v) is 13.5. The third kappa shape index (κ3) is 7.06. The van der Waals surface area contributed by atoms with Crippen molar-refractivity contribution in [3.8, 4) is 11.4 Å². The van der Waals surface area contributed by atoms with E-state index in [1.165, 1.54) is 17.3 Å². The minimum Gasteiger partial charge on any atom is -0.486 e. The lowest BCUT2D eigenvalue weighted by molar-refractivity contribution is -0.113. The Balaban J connectivity index is 1.50. The Kier molecular flexibility index (Phi) is 8.47. The molecule has 0 bridgehead atoms. The Morgan fingerprint density at radius 3 is 2.38 bits per heavy atom. The number of anilines is 1. The maximum Gasteiger partial charge on any atom is 0.234 e. The number of carbonyl (C=O) groups is 1. The van der Waals surface area contributed by atoms with Gasteiger partial charge in [0.25, 0.3) is 0 Å². The van der Waals surface area contributed by atoms with E-state index < -0.39 is 0 Å². The SMILES string of the molecule is Cc1ccc(-n2c(COc3ccc(C(C)(C)C)cc3)nnc2SCC(=O)Nc2cc(Cl)ccc2Cl)cc1. The predicted octanol–water partition coefficient (Wildman–Crippen LogP) is 7.49. The zero-order valence-electron chi connectivity index (χ0n) is 21.1. The van der Waals surface area contributed by atoms with Crippen LogP contribution in [-0.2, 0) is 16.8 Å². The van der Waals surface area contributed by atoms with Gasteiger partial charge in [-0.2, -0.15) is 0 Å². The lowest BCUT2D eigenvalue weighted by Crippen LogP contribution is -2.15. The summed E-state index contributed by atoms with van der Waals surface area (Å²) in [7, 11) is 0. The number of hydrogen-bond acceptors (Lipinski definition) is 5. The number of amides is 1. The van der Waals surface area contributed by atoms with Gasteiger partial charge in [-0.25, -0.2) is 0 Å². The molecule has 9 heteroatoms. The van der Waals surface area contributed by atoms with Gasteiger partial charge in [0.05, 0.1) is 16.5 Å². The van der Waals surface area contributed by atoms with E-state index in [0.29, 0.717) is 26.7 Å². The second-order valence-electron chi connectivity index (χ2n) is 9.59. The fourth-order valence-corrected chi connectivity index (χ4v) is 4.66. The Hall–Kier alpha value is -3.00. The van der Waals surface area contributed by atoms with Gasteiger partial charge in [0.1, 0.15) is 12.4 Å². The summed E-state index contributed by atoms with van der Waals surface area (Å²) in [6.45, 7) is 8.78. The van der Waals surface area contributed by atoms with Gasteiger partial charge in [0, 0.05) is 10.7 Å². The van der Waals surface area contributed by atoms with Crippen molar-refractivity contribution in [2.75, 3.05) is 11.1 Å². The van der Waals surface area contributed by atoms with Crippen LogP contribution in [0.15, 0.2) is 71.9 Å². The highest BCUT2D eigenvalue weighted by Gasteiger charge is 2.18. The molecule has 0 fully saturated rings. The van der Waals surface area contributed by atoms with Gasteiger partial charge in [0.15, 0.2) is 11.0 Å². The molecule has 0 saturated heterocycles. The normalized spacial score (nSPS) is 11.4. The lowest BCUT2D eigenvalue weighted by Gasteiger charge is -2.19. The van der Waals surface area contributed by atoms with E-state index in [4.69, 9.17) is 27.9 Å². The number of nitrogens with one attached hydrogen (secondary N) is 1. The van der Waals surface area contributed by atoms with Crippen LogP contribution in [0.1, 0.15) is 37.7 Å². The number of ether oxygens (including phenoxy) is 1. The fraction of sp³-hybridized carbons (Fsp3) is 0.250. The monoisotopic (exact) mass is 554 g/mol. The van der Waals surface area contributed by atoms with Crippen LogP contribution in [0.25, 0.3) is 5.69 Å². The molecule has 192 valence electrons. The van der Waals surface area contributed by atoms with Crippen LogP contribution < -0.4 is 10.1 Å². The van der Waals surface area contributed by atoms with Crippen LogP contribution >= 0.6 is 35.0 Å². The number of aromatic nitrogens is 3. The van der Waals surface area contributed by atoms with Crippen molar-refractivity contribution >= 4 is 46.6 Å². The van der Waals surface area contributed by atoms with Crippen molar-refractivity contribution in [2.24, 2.45) is 0 Å². The van der Waals surface area contributed by atoms with Crippen LogP contribution in [0.3, 0.4) is 0 Å². The number of aryl methyl sites for hydroxylation is 1. The second-order valence-corrected chi connectivity index (χ2v) is 11.4. The van der Waals surface area contributed by atoms with E-state index in [1.54, 1.807) is 18.2 Å². The van der Waals surface area contributed by atoms with Crippen molar-refractivity contribution < 1.29 is 9.53 Å². The Bertz CT molecular complexity index is 1380. The van der Waals surface area contributed by atoms with Crippen molar-refractivity contribution in [2.45, 2.75) is 44.9 Å². The molecule has 0 unspecified atom stereocenters. The highest BCUT2D eigenvalue weighted by Crippen LogP contribution is 2.28. The minimum absolute atomic E-state index is 0.0701. The zero-order chi connectivity index (χ0) is 26.6. The van der Waals surface area contributed by atoms with Crippen LogP contribution in [0.4, 0.5) is 5.69 Å². The minimum atomic E-state index is -0.232. The molecule has 1 amide bonds. The first-order valence-electron chi connectivity index (χ1n) is 11.7. The number of thioether (sulfide) groups is 1. The maximum atomic E-state index is 12.6. The van der Waals surface area contributed by atoms with E-state index in [0.717, 1.165) is 17.0 Å². The van der Waals surface area contributed by atoms with Crippen molar-refractivity contribution in [1.29, 1.82) is 0 Å². The topological polar surface area (TPSA) is 69.0 Å². The van der Waals surface area contributed by atoms with Crippen LogP contribution in [0.5, 0.6) is 5.75 Å². The number of nitrogens with zero attached hydrogens (tertiary/aromatic N) is 3. The molecule has 1 heterocycles. The van der Waals surface area contributed by atoms with Gasteiger partial charge in [-0.3, -0.25) is 9.36 Å². The Labute approximate surface area is 231 Å². The van der Waals surface area contributed by atoms with Gasteiger partial charge >= 0.3 is 0 Å². The van der Waals surface area contributed by atoms with E-state index in [-0.39, 0.29) is 23.7 Å². The summed E-state index contributed by atoms with van der Waals surface area (Å²) >= 11 is 13.5. The van der Waals surface area contributed by atoms with Crippen LogP contribution in [0.2, 0.25) is 10.0 Å². The largest absolute Gasteiger partial charge is 0.486 e. The predicted molar refractivity (Wildman–Crippen MR) is 151 cm³/mol. The molecule has 4 aromatic rings. The molecule has 0 aliphatic heterocycles. The summed E-state index contributed by atoms with van der Waals surface area (Å²) in [6.07, 6.45) is 0. The quantitative estimate of drug-likeness (QED) is 0.228. The molecule has 37 heavy (non-hydrogen) atoms. The molecule has 1 aromatic heterocycles. The van der Waals surface area contributed by atoms with Crippen LogP contribution in [0, 0.1) is 6.92 Å². The van der Waals surface area contributed by atoms with E-state index in [9.17, 15) is 4.79 Å². The van der Waals surface area contributed by atoms with Gasteiger partial charge in [-0.1, -0.05) is 85.6 Å². The average Bonchev–Trinajstić information content (AvgIpc) is 3.26. The lowest BCUT2D eigenvalue weighted by atomic mass is 9.87. The first kappa shape index (κ1) is 27.0. The number of halogens is 2. The number of carbonyl (C=O) groups excluding carboxylic acids is 1. The molecule has 1 N–H and O–H groups in total. The third-order valence-corrected chi connectivity index (χ3v) is 7.11. The summed E-state index contributed by atoms with van der Waals surface area (Å²) in [6, 6.07) is 21.0. The Morgan fingerprint density at radius 2 is 1.70 bits per heavy atom. The molecule has 0 atom stereocenters. The van der Waals surface area contributed by atoms with Gasteiger partial charge in [-0.05, 0) is 60.4 Å². The van der Waals surface area contributed by atoms with Crippen molar-refractivity contribution in [3.05, 3.63) is 93.7 Å². The first-order chi connectivity index (χ1) is 17.6. The van der Waals surface area contributed by atoms with E-state index in [1.807, 2.05) is 47.9 Å². The van der Waals surface area contributed by atoms with E-state index in [2.05, 4.69) is 48.4 Å². The smallest absolute Gasteiger partial charge is 0.234 e. The summed E-state index contributed by atoms with van der Waals surface area (Å²) in [5.74, 6) is 1.26. The molecule has 4 rings (SSSR count). The molecule has 3 aromatic carbocycles. The summed E-state index contributed by atoms with van der Waals surface area (Å²) in [5, 5.41) is 13.0. The van der Waals surface area contributed by atoms with Gasteiger partial charge in [-0.15, -0.1) is 10.2 Å². The summed E-state index contributed by atoms with van der Waals surface area (Å²) < 4.78 is 7.96. The number of rotatable bonds is 8.